The number of carbonyl (C=O) groups excluding carboxylic acids is 2. The second kappa shape index (κ2) is 9.35. The van der Waals surface area contributed by atoms with E-state index in [0.717, 1.165) is 0 Å². The highest BCUT2D eigenvalue weighted by Crippen LogP contribution is 2.41. The van der Waals surface area contributed by atoms with E-state index in [1.54, 1.807) is 46.5 Å². The maximum Gasteiger partial charge on any atom is 0.330 e. The van der Waals surface area contributed by atoms with Crippen molar-refractivity contribution in [2.75, 3.05) is 19.8 Å². The Hall–Kier alpha value is -2.57. The molecule has 0 radical (unpaired) electrons. The molecule has 1 saturated heterocycles. The quantitative estimate of drug-likeness (QED) is 0.478. The zero-order chi connectivity index (χ0) is 25.4. The summed E-state index contributed by atoms with van der Waals surface area (Å²) in [6, 6.07) is 0. The topological polar surface area (TPSA) is 157 Å². The fourth-order valence-electron chi connectivity index (χ4n) is 3.26. The van der Waals surface area contributed by atoms with Gasteiger partial charge in [0.2, 0.25) is 5.82 Å². The monoisotopic (exact) mass is 474 g/mol. The average molecular weight is 474 g/mol. The van der Waals surface area contributed by atoms with Crippen LogP contribution >= 0.6 is 0 Å². The minimum atomic E-state index is -2.10. The summed E-state index contributed by atoms with van der Waals surface area (Å²) >= 11 is 0. The number of aliphatic hydroxyl groups excluding tert-OH is 2. The molecule has 1 fully saturated rings. The number of nitrogens with one attached hydrogen (secondary N) is 1. The number of nitrogens with zero attached hydrogens (tertiary/aromatic N) is 1. The van der Waals surface area contributed by atoms with Gasteiger partial charge >= 0.3 is 17.6 Å². The molecule has 12 heteroatoms. The minimum absolute atomic E-state index is 0.520. The molecule has 1 aliphatic heterocycles. The Labute approximate surface area is 189 Å². The maximum atomic E-state index is 14.2. The van der Waals surface area contributed by atoms with E-state index < -0.39 is 83.5 Å². The van der Waals surface area contributed by atoms with Gasteiger partial charge in [0.25, 0.3) is 5.56 Å². The van der Waals surface area contributed by atoms with Crippen LogP contribution in [0.1, 0.15) is 41.5 Å². The lowest BCUT2D eigenvalue weighted by Crippen LogP contribution is -2.54. The minimum Gasteiger partial charge on any atom is -0.465 e. The predicted molar refractivity (Wildman–Crippen MR) is 112 cm³/mol. The summed E-state index contributed by atoms with van der Waals surface area (Å²) in [5.41, 5.74) is -6.36. The zero-order valence-electron chi connectivity index (χ0n) is 19.5. The summed E-state index contributed by atoms with van der Waals surface area (Å²) in [6.07, 6.45) is -2.24. The summed E-state index contributed by atoms with van der Waals surface area (Å²) in [7, 11) is 0. The van der Waals surface area contributed by atoms with Crippen molar-refractivity contribution in [3.63, 3.8) is 0 Å². The third kappa shape index (κ3) is 5.50. The zero-order valence-corrected chi connectivity index (χ0v) is 19.5. The number of carbonyl (C=O) groups is 2. The molecule has 2 rings (SSSR count). The number of ether oxygens (including phenoxy) is 3. The summed E-state index contributed by atoms with van der Waals surface area (Å²) in [5.74, 6) is -3.96. The van der Waals surface area contributed by atoms with Crippen molar-refractivity contribution in [3.8, 4) is 0 Å². The number of rotatable bonds is 6. The van der Waals surface area contributed by atoms with Crippen molar-refractivity contribution in [3.05, 3.63) is 32.9 Å². The smallest absolute Gasteiger partial charge is 0.330 e. The second-order valence-electron chi connectivity index (χ2n) is 10.1. The predicted octanol–water partition coefficient (Wildman–Crippen LogP) is -0.125. The Morgan fingerprint density at radius 1 is 1.15 bits per heavy atom. The van der Waals surface area contributed by atoms with Crippen molar-refractivity contribution in [1.29, 1.82) is 0 Å². The Morgan fingerprint density at radius 3 is 2.21 bits per heavy atom. The van der Waals surface area contributed by atoms with E-state index in [-0.39, 0.29) is 0 Å². The molecule has 0 amide bonds. The van der Waals surface area contributed by atoms with Crippen molar-refractivity contribution >= 4 is 11.9 Å². The number of aliphatic hydroxyl groups is 2. The Bertz CT molecular complexity index is 1000. The molecule has 4 atom stereocenters. The molecule has 11 nitrogen and oxygen atoms in total. The van der Waals surface area contributed by atoms with Gasteiger partial charge in [-0.25, -0.2) is 4.79 Å². The Morgan fingerprint density at radius 2 is 1.70 bits per heavy atom. The van der Waals surface area contributed by atoms with Crippen LogP contribution in [0.4, 0.5) is 4.39 Å². The highest BCUT2D eigenvalue weighted by Gasteiger charge is 2.58. The Kier molecular flexibility index (Phi) is 7.56. The molecule has 3 N–H and O–H groups in total. The molecule has 186 valence electrons. The fraction of sp³-hybridized carbons (Fsp3) is 0.714. The fourth-order valence-corrected chi connectivity index (χ4v) is 3.26. The third-order valence-corrected chi connectivity index (χ3v) is 5.24. The highest BCUT2D eigenvalue weighted by atomic mass is 19.1. The molecule has 1 aliphatic rings. The van der Waals surface area contributed by atoms with Gasteiger partial charge in [-0.3, -0.25) is 23.9 Å². The molecule has 1 aromatic rings. The molecule has 0 aromatic carbocycles. The van der Waals surface area contributed by atoms with Gasteiger partial charge < -0.3 is 24.4 Å². The van der Waals surface area contributed by atoms with Gasteiger partial charge in [0.15, 0.2) is 5.72 Å². The summed E-state index contributed by atoms with van der Waals surface area (Å²) in [4.78, 5) is 50.8. The molecule has 1 aromatic heterocycles. The van der Waals surface area contributed by atoms with E-state index in [1.165, 1.54) is 0 Å². The largest absolute Gasteiger partial charge is 0.465 e. The van der Waals surface area contributed by atoms with E-state index in [2.05, 4.69) is 0 Å². The highest BCUT2D eigenvalue weighted by molar-refractivity contribution is 5.75. The summed E-state index contributed by atoms with van der Waals surface area (Å²) in [5, 5.41) is 20.5. The normalized spacial score (nSPS) is 25.7. The van der Waals surface area contributed by atoms with Crippen LogP contribution in [-0.2, 0) is 29.5 Å². The lowest BCUT2D eigenvalue weighted by molar-refractivity contribution is -0.193. The van der Waals surface area contributed by atoms with E-state index >= 15 is 0 Å². The number of halogens is 1. The van der Waals surface area contributed by atoms with Crippen molar-refractivity contribution in [1.82, 2.24) is 9.55 Å². The number of H-pyrrole nitrogens is 1. The van der Waals surface area contributed by atoms with Crippen molar-refractivity contribution in [2.45, 2.75) is 59.5 Å². The molecule has 0 unspecified atom stereocenters. The number of hydrogen-bond donors (Lipinski definition) is 3. The third-order valence-electron chi connectivity index (χ3n) is 5.24. The lowest BCUT2D eigenvalue weighted by atomic mass is 9.91. The second-order valence-corrected chi connectivity index (χ2v) is 10.1. The number of esters is 2. The van der Waals surface area contributed by atoms with Crippen LogP contribution in [0.3, 0.4) is 0 Å². The van der Waals surface area contributed by atoms with Crippen molar-refractivity contribution in [2.24, 2.45) is 16.7 Å². The van der Waals surface area contributed by atoms with Crippen LogP contribution in [-0.4, -0.2) is 63.7 Å². The van der Waals surface area contributed by atoms with Crippen molar-refractivity contribution < 1.29 is 38.4 Å². The molecule has 0 bridgehead atoms. The number of aromatic nitrogens is 2. The molecule has 0 saturated carbocycles. The van der Waals surface area contributed by atoms with Crippen LogP contribution in [0.15, 0.2) is 15.8 Å². The standard InChI is InChI=1S/C21H31FN2O9/c1-19(2,3)16(28)31-9-11-14(26)13(8-25)33-21(11,10-32-17(29)20(4,5)6)24-7-12(22)15(27)23-18(24)30/h7,11,13-14,25-26H,8-10H2,1-6H3,(H,23,27,30)/t11-,13-,14+,21-/m1/s1. The Balaban J connectivity index is 2.61. The summed E-state index contributed by atoms with van der Waals surface area (Å²) in [6.45, 7) is 7.62. The van der Waals surface area contributed by atoms with Gasteiger partial charge in [0.05, 0.1) is 35.7 Å². The first-order valence-electron chi connectivity index (χ1n) is 10.4. The van der Waals surface area contributed by atoms with Crippen LogP contribution in [0, 0.1) is 22.6 Å². The van der Waals surface area contributed by atoms with E-state index in [9.17, 15) is 33.8 Å². The number of aromatic amines is 1. The van der Waals surface area contributed by atoms with Crippen LogP contribution in [0.5, 0.6) is 0 Å². The van der Waals surface area contributed by atoms with Gasteiger partial charge in [-0.15, -0.1) is 0 Å². The van der Waals surface area contributed by atoms with Gasteiger partial charge in [0.1, 0.15) is 19.3 Å². The molecule has 0 aliphatic carbocycles. The SMILES string of the molecule is CC(C)(C)C(=O)OC[C@@H]1[C@H](O)[C@@H](CO)O[C@@]1(COC(=O)C(C)(C)C)n1cc(F)c(=O)[nH]c1=O. The van der Waals surface area contributed by atoms with Crippen LogP contribution in [0.25, 0.3) is 0 Å². The first kappa shape index (κ1) is 26.7. The average Bonchev–Trinajstić information content (AvgIpc) is 2.97. The van der Waals surface area contributed by atoms with Crippen LogP contribution < -0.4 is 11.2 Å². The summed E-state index contributed by atoms with van der Waals surface area (Å²) < 4.78 is 31.2. The van der Waals surface area contributed by atoms with Gasteiger partial charge in [-0.2, -0.15) is 4.39 Å². The molecule has 2 heterocycles. The van der Waals surface area contributed by atoms with Gasteiger partial charge in [-0.05, 0) is 41.5 Å². The molecular formula is C21H31FN2O9. The van der Waals surface area contributed by atoms with Gasteiger partial charge in [0, 0.05) is 0 Å². The molecule has 0 spiro atoms. The molecule has 33 heavy (non-hydrogen) atoms. The van der Waals surface area contributed by atoms with E-state index in [0.29, 0.717) is 10.8 Å². The first-order valence-corrected chi connectivity index (χ1v) is 10.4. The van der Waals surface area contributed by atoms with Crippen LogP contribution in [0.2, 0.25) is 0 Å². The lowest BCUT2D eigenvalue weighted by Gasteiger charge is -2.36. The first-order chi connectivity index (χ1) is 15.0. The number of hydrogen-bond acceptors (Lipinski definition) is 9. The van der Waals surface area contributed by atoms with E-state index in [1.807, 2.05) is 0 Å². The van der Waals surface area contributed by atoms with E-state index in [4.69, 9.17) is 14.2 Å². The molecular weight excluding hydrogens is 443 g/mol. The maximum absolute atomic E-state index is 14.2. The van der Waals surface area contributed by atoms with Gasteiger partial charge in [-0.1, -0.05) is 0 Å².